The summed E-state index contributed by atoms with van der Waals surface area (Å²) in [5, 5.41) is 3.54. The lowest BCUT2D eigenvalue weighted by Gasteiger charge is -2.30. The second-order valence-electron chi connectivity index (χ2n) is 5.99. The molecule has 1 aliphatic heterocycles. The number of hydrogen-bond acceptors (Lipinski definition) is 3. The minimum atomic E-state index is -0.0178. The van der Waals surface area contributed by atoms with Crippen LogP contribution in [-0.4, -0.2) is 29.1 Å². The molecule has 0 radical (unpaired) electrons. The number of carbonyl (C=O) groups is 1. The number of thioether (sulfide) groups is 1. The van der Waals surface area contributed by atoms with Gasteiger partial charge in [0.15, 0.2) is 0 Å². The van der Waals surface area contributed by atoms with Crippen LogP contribution in [0.25, 0.3) is 0 Å². The Kier molecular flexibility index (Phi) is 4.55. The van der Waals surface area contributed by atoms with E-state index in [0.29, 0.717) is 11.9 Å². The molecular formula is C17H24N2OS. The summed E-state index contributed by atoms with van der Waals surface area (Å²) < 4.78 is 0. The number of carbonyl (C=O) groups excluding carboxylic acids is 1. The van der Waals surface area contributed by atoms with Crippen LogP contribution in [0.2, 0.25) is 0 Å². The van der Waals surface area contributed by atoms with Crippen molar-refractivity contribution in [2.75, 3.05) is 6.26 Å². The van der Waals surface area contributed by atoms with Crippen LogP contribution in [0.5, 0.6) is 0 Å². The lowest BCUT2D eigenvalue weighted by Crippen LogP contribution is -2.38. The van der Waals surface area contributed by atoms with Crippen molar-refractivity contribution < 1.29 is 4.79 Å². The van der Waals surface area contributed by atoms with Gasteiger partial charge in [-0.2, -0.15) is 0 Å². The van der Waals surface area contributed by atoms with Crippen molar-refractivity contribution in [1.82, 2.24) is 10.2 Å². The highest BCUT2D eigenvalue weighted by Gasteiger charge is 2.42. The molecular weight excluding hydrogens is 280 g/mol. The zero-order valence-corrected chi connectivity index (χ0v) is 13.7. The van der Waals surface area contributed by atoms with Crippen LogP contribution in [0, 0.1) is 0 Å². The second kappa shape index (κ2) is 6.41. The summed E-state index contributed by atoms with van der Waals surface area (Å²) in [6.45, 7) is 2.08. The van der Waals surface area contributed by atoms with Crippen LogP contribution in [0.4, 0.5) is 0 Å². The molecule has 2 unspecified atom stereocenters. The van der Waals surface area contributed by atoms with Crippen LogP contribution < -0.4 is 5.32 Å². The van der Waals surface area contributed by atoms with E-state index in [9.17, 15) is 4.79 Å². The van der Waals surface area contributed by atoms with Gasteiger partial charge in [0, 0.05) is 10.9 Å². The summed E-state index contributed by atoms with van der Waals surface area (Å²) in [6, 6.07) is 9.03. The van der Waals surface area contributed by atoms with Gasteiger partial charge in [-0.1, -0.05) is 31.9 Å². The first-order valence-electron chi connectivity index (χ1n) is 7.96. The van der Waals surface area contributed by atoms with Crippen LogP contribution in [-0.2, 0) is 4.79 Å². The van der Waals surface area contributed by atoms with E-state index in [2.05, 4.69) is 47.7 Å². The molecule has 1 N–H and O–H groups in total. The molecule has 0 spiro atoms. The summed E-state index contributed by atoms with van der Waals surface area (Å²) in [5.41, 5.74) is 1.21. The van der Waals surface area contributed by atoms with Crippen molar-refractivity contribution in [3.8, 4) is 0 Å². The normalized spacial score (nSPS) is 26.8. The molecule has 2 aliphatic rings. The smallest absolute Gasteiger partial charge is 0.241 e. The molecule has 21 heavy (non-hydrogen) atoms. The maximum absolute atomic E-state index is 12.7. The third kappa shape index (κ3) is 2.84. The molecule has 1 aliphatic carbocycles. The van der Waals surface area contributed by atoms with Crippen LogP contribution in [0.1, 0.15) is 50.8 Å². The monoisotopic (exact) mass is 304 g/mol. The van der Waals surface area contributed by atoms with E-state index in [4.69, 9.17) is 0 Å². The quantitative estimate of drug-likeness (QED) is 0.863. The van der Waals surface area contributed by atoms with E-state index in [1.165, 1.54) is 23.3 Å². The van der Waals surface area contributed by atoms with Gasteiger partial charge in [-0.15, -0.1) is 11.8 Å². The van der Waals surface area contributed by atoms with E-state index in [-0.39, 0.29) is 12.2 Å². The number of hydrogen-bond donors (Lipinski definition) is 1. The minimum Gasteiger partial charge on any atom is -0.319 e. The number of nitrogens with one attached hydrogen (secondary N) is 1. The van der Waals surface area contributed by atoms with Gasteiger partial charge in [0.05, 0.1) is 6.04 Å². The Hall–Kier alpha value is -1.00. The van der Waals surface area contributed by atoms with Gasteiger partial charge < -0.3 is 4.90 Å². The predicted molar refractivity (Wildman–Crippen MR) is 87.3 cm³/mol. The highest BCUT2D eigenvalue weighted by atomic mass is 32.2. The van der Waals surface area contributed by atoms with E-state index < -0.39 is 0 Å². The number of amides is 1. The summed E-state index contributed by atoms with van der Waals surface area (Å²) >= 11 is 1.75. The van der Waals surface area contributed by atoms with Crippen LogP contribution >= 0.6 is 11.8 Å². The molecule has 1 amide bonds. The number of nitrogens with zero attached hydrogens (tertiary/aromatic N) is 1. The number of benzene rings is 1. The molecule has 1 aromatic rings. The third-order valence-corrected chi connectivity index (χ3v) is 5.49. The lowest BCUT2D eigenvalue weighted by molar-refractivity contribution is -0.132. The molecule has 1 saturated carbocycles. The van der Waals surface area contributed by atoms with Gasteiger partial charge >= 0.3 is 0 Å². The molecule has 3 rings (SSSR count). The number of rotatable bonds is 4. The summed E-state index contributed by atoms with van der Waals surface area (Å²) in [5.74, 6) is 0.295. The zero-order chi connectivity index (χ0) is 14.8. The Morgan fingerprint density at radius 2 is 1.90 bits per heavy atom. The highest BCUT2D eigenvalue weighted by Crippen LogP contribution is 2.35. The highest BCUT2D eigenvalue weighted by molar-refractivity contribution is 7.98. The topological polar surface area (TPSA) is 32.3 Å². The van der Waals surface area contributed by atoms with Crippen LogP contribution in [0.15, 0.2) is 29.2 Å². The SMILES string of the molecule is CCC1NC(c2ccc(SC)cc2)N(C2CCCC2)C1=O. The Morgan fingerprint density at radius 1 is 1.24 bits per heavy atom. The van der Waals surface area contributed by atoms with Gasteiger partial charge in [0.2, 0.25) is 5.91 Å². The van der Waals surface area contributed by atoms with Crippen molar-refractivity contribution in [2.45, 2.75) is 62.2 Å². The Labute approximate surface area is 131 Å². The lowest BCUT2D eigenvalue weighted by atomic mass is 10.1. The maximum atomic E-state index is 12.7. The van der Waals surface area contributed by atoms with Gasteiger partial charge in [0.25, 0.3) is 0 Å². The Bertz CT molecular complexity index is 496. The fourth-order valence-corrected chi connectivity index (χ4v) is 3.97. The molecule has 1 saturated heterocycles. The molecule has 1 aromatic carbocycles. The van der Waals surface area contributed by atoms with Crippen LogP contribution in [0.3, 0.4) is 0 Å². The van der Waals surface area contributed by atoms with Gasteiger partial charge in [0.1, 0.15) is 6.17 Å². The van der Waals surface area contributed by atoms with E-state index in [1.54, 1.807) is 11.8 Å². The van der Waals surface area contributed by atoms with E-state index in [1.807, 2.05) is 0 Å². The van der Waals surface area contributed by atoms with Crippen molar-refractivity contribution in [3.63, 3.8) is 0 Å². The Balaban J connectivity index is 1.87. The van der Waals surface area contributed by atoms with Crippen molar-refractivity contribution in [2.24, 2.45) is 0 Å². The molecule has 3 nitrogen and oxygen atoms in total. The van der Waals surface area contributed by atoms with E-state index in [0.717, 1.165) is 19.3 Å². The summed E-state index contributed by atoms with van der Waals surface area (Å²) in [7, 11) is 0. The standard InChI is InChI=1S/C17H24N2OS/c1-3-15-17(20)19(13-6-4-5-7-13)16(18-15)12-8-10-14(21-2)11-9-12/h8-11,13,15-16,18H,3-7H2,1-2H3. The largest absolute Gasteiger partial charge is 0.319 e. The molecule has 2 atom stereocenters. The summed E-state index contributed by atoms with van der Waals surface area (Å²) in [4.78, 5) is 16.1. The van der Waals surface area contributed by atoms with Gasteiger partial charge in [-0.25, -0.2) is 0 Å². The molecule has 2 fully saturated rings. The van der Waals surface area contributed by atoms with Crippen molar-refractivity contribution >= 4 is 17.7 Å². The molecule has 4 heteroatoms. The summed E-state index contributed by atoms with van der Waals surface area (Å²) in [6.07, 6.45) is 7.83. The average molecular weight is 304 g/mol. The molecule has 0 aromatic heterocycles. The second-order valence-corrected chi connectivity index (χ2v) is 6.87. The third-order valence-electron chi connectivity index (χ3n) is 4.75. The minimum absolute atomic E-state index is 0.0178. The predicted octanol–water partition coefficient (Wildman–Crippen LogP) is 3.56. The first-order valence-corrected chi connectivity index (χ1v) is 9.19. The van der Waals surface area contributed by atoms with Crippen molar-refractivity contribution in [3.05, 3.63) is 29.8 Å². The molecule has 114 valence electrons. The Morgan fingerprint density at radius 3 is 2.48 bits per heavy atom. The van der Waals surface area contributed by atoms with Gasteiger partial charge in [-0.05, 0) is 43.2 Å². The average Bonchev–Trinajstić information content (AvgIpc) is 3.14. The first kappa shape index (κ1) is 14.9. The first-order chi connectivity index (χ1) is 10.2. The van der Waals surface area contributed by atoms with E-state index >= 15 is 0 Å². The maximum Gasteiger partial charge on any atom is 0.241 e. The fraction of sp³-hybridized carbons (Fsp3) is 0.588. The molecule has 0 bridgehead atoms. The zero-order valence-electron chi connectivity index (χ0n) is 12.8. The molecule has 1 heterocycles. The fourth-order valence-electron chi connectivity index (χ4n) is 3.56. The van der Waals surface area contributed by atoms with Crippen molar-refractivity contribution in [1.29, 1.82) is 0 Å². The van der Waals surface area contributed by atoms with Gasteiger partial charge in [-0.3, -0.25) is 10.1 Å².